The first kappa shape index (κ1) is 52.6. The van der Waals surface area contributed by atoms with Gasteiger partial charge in [-0.15, -0.1) is 5.10 Å². The molecular formula is C43H74N4O14. The number of aromatic nitrogens is 3. The summed E-state index contributed by atoms with van der Waals surface area (Å²) in [6, 6.07) is -0.797. The highest BCUT2D eigenvalue weighted by molar-refractivity contribution is 5.91. The number of allylic oxidation sites excluding steroid dienone is 3. The maximum atomic E-state index is 13.9. The van der Waals surface area contributed by atoms with Gasteiger partial charge >= 0.3 is 5.97 Å². The minimum Gasteiger partial charge on any atom is -0.462 e. The van der Waals surface area contributed by atoms with Crippen molar-refractivity contribution >= 4 is 11.8 Å². The maximum Gasteiger partial charge on any atom is 0.308 e. The molecule has 5 N–H and O–H groups in total. The van der Waals surface area contributed by atoms with Crippen LogP contribution in [0.2, 0.25) is 0 Å². The summed E-state index contributed by atoms with van der Waals surface area (Å²) in [6.07, 6.45) is -3.22. The van der Waals surface area contributed by atoms with Gasteiger partial charge in [-0.3, -0.25) is 14.3 Å². The van der Waals surface area contributed by atoms with Crippen LogP contribution < -0.4 is 0 Å². The van der Waals surface area contributed by atoms with Gasteiger partial charge in [0.1, 0.15) is 36.2 Å². The van der Waals surface area contributed by atoms with E-state index in [0.29, 0.717) is 30.7 Å². The van der Waals surface area contributed by atoms with Crippen LogP contribution in [0.15, 0.2) is 30.0 Å². The topological polar surface area (TPSA) is 234 Å². The van der Waals surface area contributed by atoms with Gasteiger partial charge in [0.05, 0.1) is 56.3 Å². The number of ether oxygens (including phenoxy) is 7. The number of aliphatic hydroxyl groups is 5. The second-order valence-corrected chi connectivity index (χ2v) is 16.7. The molecule has 0 bridgehead atoms. The van der Waals surface area contributed by atoms with Crippen molar-refractivity contribution in [2.45, 2.75) is 161 Å². The first-order chi connectivity index (χ1) is 28.9. The van der Waals surface area contributed by atoms with Gasteiger partial charge in [0, 0.05) is 45.1 Å². The first-order valence-electron chi connectivity index (χ1n) is 21.5. The molecule has 16 atom stereocenters. The lowest BCUT2D eigenvalue weighted by Gasteiger charge is -2.42. The van der Waals surface area contributed by atoms with Crippen molar-refractivity contribution in [3.63, 3.8) is 0 Å². The number of hydrogen-bond donors (Lipinski definition) is 5. The lowest BCUT2D eigenvalue weighted by molar-refractivity contribution is -0.304. The number of nitrogens with zero attached hydrogens (tertiary/aromatic N) is 4. The van der Waals surface area contributed by atoms with Gasteiger partial charge in [0.15, 0.2) is 18.4 Å². The van der Waals surface area contributed by atoms with Gasteiger partial charge in [-0.25, -0.2) is 0 Å². The molecule has 0 aliphatic carbocycles. The molecule has 1 aromatic rings. The number of carbonyl (C=O) groups excluding carboxylic acids is 2. The van der Waals surface area contributed by atoms with E-state index in [9.17, 15) is 35.1 Å². The predicted octanol–water partition coefficient (Wildman–Crippen LogP) is 1.79. The van der Waals surface area contributed by atoms with E-state index in [2.05, 4.69) is 10.3 Å². The van der Waals surface area contributed by atoms with E-state index in [1.54, 1.807) is 63.6 Å². The number of likely N-dealkylation sites (N-methyl/N-ethyl adjacent to an activating group) is 1. The normalized spacial score (nSPS) is 34.6. The minimum atomic E-state index is -1.35. The molecule has 3 rings (SSSR count). The SMILES string of the molecule is CCO[C@@H](O[C@H]1[C@@H](CCn2cc(CO)nn2)C[C@@H](C)C(=O)/C=C/C(C)=C/[C@H](COC2OC(C)C(O)C(OC)C2OC)[C@@H](CC)OC(=O)C[C@@H](O)[C@@H]1C)C(O)C([C@@H](C)O)N(C)C. The van der Waals surface area contributed by atoms with Gasteiger partial charge in [-0.2, -0.15) is 0 Å². The van der Waals surface area contributed by atoms with Gasteiger partial charge in [-0.05, 0) is 73.0 Å². The van der Waals surface area contributed by atoms with Crippen LogP contribution in [0.1, 0.15) is 79.8 Å². The third-order valence-corrected chi connectivity index (χ3v) is 11.8. The van der Waals surface area contributed by atoms with E-state index >= 15 is 0 Å². The molecule has 1 saturated heterocycles. The van der Waals surface area contributed by atoms with Crippen molar-refractivity contribution in [2.24, 2.45) is 23.7 Å². The van der Waals surface area contributed by atoms with Crippen molar-refractivity contribution in [3.8, 4) is 0 Å². The van der Waals surface area contributed by atoms with E-state index in [1.807, 2.05) is 26.8 Å². The summed E-state index contributed by atoms with van der Waals surface area (Å²) in [6.45, 7) is 12.4. The van der Waals surface area contributed by atoms with E-state index < -0.39 is 110 Å². The number of cyclic esters (lactones) is 1. The molecule has 2 aliphatic rings. The van der Waals surface area contributed by atoms with Crippen molar-refractivity contribution in [1.29, 1.82) is 0 Å². The third kappa shape index (κ3) is 14.9. The highest BCUT2D eigenvalue weighted by Crippen LogP contribution is 2.34. The summed E-state index contributed by atoms with van der Waals surface area (Å²) < 4.78 is 43.8. The number of hydrogen-bond acceptors (Lipinski definition) is 17. The number of aryl methyl sites for hydroxylation is 1. The zero-order valence-corrected chi connectivity index (χ0v) is 37.9. The van der Waals surface area contributed by atoms with Crippen molar-refractivity contribution < 1.29 is 68.3 Å². The quantitative estimate of drug-likeness (QED) is 0.105. The summed E-state index contributed by atoms with van der Waals surface area (Å²) in [5.41, 5.74) is 1.09. The Labute approximate surface area is 361 Å². The maximum absolute atomic E-state index is 13.9. The molecule has 18 nitrogen and oxygen atoms in total. The van der Waals surface area contributed by atoms with Crippen LogP contribution in [0.4, 0.5) is 0 Å². The third-order valence-electron chi connectivity index (χ3n) is 11.8. The minimum absolute atomic E-state index is 0.00869. The number of methoxy groups -OCH3 is 2. The summed E-state index contributed by atoms with van der Waals surface area (Å²) in [4.78, 5) is 29.4. The molecule has 0 aromatic carbocycles. The molecular weight excluding hydrogens is 796 g/mol. The Bertz CT molecular complexity index is 1520. The smallest absolute Gasteiger partial charge is 0.308 e. The Balaban J connectivity index is 2.06. The zero-order chi connectivity index (χ0) is 45.6. The monoisotopic (exact) mass is 871 g/mol. The summed E-state index contributed by atoms with van der Waals surface area (Å²) in [7, 11) is 6.38. The van der Waals surface area contributed by atoms with Gasteiger partial charge < -0.3 is 63.6 Å². The van der Waals surface area contributed by atoms with Gasteiger partial charge in [0.25, 0.3) is 0 Å². The summed E-state index contributed by atoms with van der Waals surface area (Å²) >= 11 is 0. The van der Waals surface area contributed by atoms with E-state index in [0.717, 1.165) is 0 Å². The Hall–Kier alpha value is -2.72. The van der Waals surface area contributed by atoms with Crippen LogP contribution in [0.5, 0.6) is 0 Å². The van der Waals surface area contributed by atoms with Crippen LogP contribution in [-0.4, -0.2) is 172 Å². The van der Waals surface area contributed by atoms with E-state index in [-0.39, 0.29) is 32.0 Å². The fourth-order valence-corrected chi connectivity index (χ4v) is 8.33. The van der Waals surface area contributed by atoms with Gasteiger partial charge in [-0.1, -0.05) is 43.7 Å². The molecule has 18 heteroatoms. The molecule has 0 amide bonds. The zero-order valence-electron chi connectivity index (χ0n) is 37.9. The van der Waals surface area contributed by atoms with Crippen LogP contribution in [0.3, 0.4) is 0 Å². The molecule has 7 unspecified atom stereocenters. The average molecular weight is 871 g/mol. The largest absolute Gasteiger partial charge is 0.462 e. The molecule has 0 spiro atoms. The number of ketones is 1. The average Bonchev–Trinajstić information content (AvgIpc) is 3.68. The van der Waals surface area contributed by atoms with Gasteiger partial charge in [0.2, 0.25) is 0 Å². The molecule has 3 heterocycles. The number of carbonyl (C=O) groups is 2. The highest BCUT2D eigenvalue weighted by Gasteiger charge is 2.46. The lowest BCUT2D eigenvalue weighted by atomic mass is 9.79. The Morgan fingerprint density at radius 2 is 1.72 bits per heavy atom. The lowest BCUT2D eigenvalue weighted by Crippen LogP contribution is -2.59. The van der Waals surface area contributed by atoms with Crippen LogP contribution in [0, 0.1) is 23.7 Å². The Morgan fingerprint density at radius 1 is 1.03 bits per heavy atom. The second kappa shape index (κ2) is 25.5. The fraction of sp³-hybridized carbons (Fsp3) is 0.814. The number of rotatable bonds is 18. The van der Waals surface area contributed by atoms with E-state index in [1.165, 1.54) is 20.3 Å². The standard InChI is InChI=1S/C43H74N4O14/c1-12-34-30(23-58-43-41(56-11)40(55-10)37(53)28(7)59-43)18-24(3)14-15-32(50)25(4)19-29(16-17-47-21-31(22-48)44-45-47)39(26(5)33(51)20-35(52)60-34)61-42(57-13-2)38(54)36(27(6)49)46(8)9/h14-15,18,21,25-30,33-34,36-43,48-49,51,53-54H,12-13,16-17,19-20,22-23H2,1-11H3/b15-14+,24-18+/t25-,26+,27-,28?,29+,30-,33-,34-,36?,37?,38?,39-,40?,41?,42+,43?/m1/s1. The molecule has 2 aliphatic heterocycles. The molecule has 350 valence electrons. The van der Waals surface area contributed by atoms with E-state index in [4.69, 9.17) is 33.2 Å². The number of esters is 1. The summed E-state index contributed by atoms with van der Waals surface area (Å²) in [5, 5.41) is 62.6. The highest BCUT2D eigenvalue weighted by atomic mass is 16.7. The summed E-state index contributed by atoms with van der Waals surface area (Å²) in [5.74, 6) is -3.17. The predicted molar refractivity (Wildman–Crippen MR) is 223 cm³/mol. The molecule has 61 heavy (non-hydrogen) atoms. The van der Waals surface area contributed by atoms with Crippen LogP contribution >= 0.6 is 0 Å². The first-order valence-corrected chi connectivity index (χ1v) is 21.5. The van der Waals surface area contributed by atoms with Crippen molar-refractivity contribution in [1.82, 2.24) is 19.9 Å². The van der Waals surface area contributed by atoms with Crippen molar-refractivity contribution in [2.75, 3.05) is 41.5 Å². The Kier molecular flexibility index (Phi) is 22.0. The molecule has 0 radical (unpaired) electrons. The van der Waals surface area contributed by atoms with Crippen LogP contribution in [0.25, 0.3) is 0 Å². The fourth-order valence-electron chi connectivity index (χ4n) is 8.33. The van der Waals surface area contributed by atoms with Crippen molar-refractivity contribution in [3.05, 3.63) is 35.7 Å². The Morgan fingerprint density at radius 3 is 2.30 bits per heavy atom. The van der Waals surface area contributed by atoms with Crippen LogP contribution in [-0.2, 0) is 55.9 Å². The molecule has 1 fully saturated rings. The molecule has 0 saturated carbocycles. The molecule has 1 aromatic heterocycles. The number of aliphatic hydroxyl groups excluding tert-OH is 5. The second-order valence-electron chi connectivity index (χ2n) is 16.7.